The maximum Gasteiger partial charge on any atom is 0.159 e. The van der Waals surface area contributed by atoms with Crippen LogP contribution in [0, 0.1) is 0 Å². The Morgan fingerprint density at radius 3 is 1.55 bits per heavy atom. The second-order valence-corrected chi connectivity index (χ2v) is 17.5. The van der Waals surface area contributed by atoms with Crippen molar-refractivity contribution in [3.63, 3.8) is 0 Å². The second-order valence-electron chi connectivity index (χ2n) is 17.5. The summed E-state index contributed by atoms with van der Waals surface area (Å²) in [4.78, 5) is 2.42. The quantitative estimate of drug-likeness (QED) is 0.172. The van der Waals surface area contributed by atoms with E-state index in [9.17, 15) is 0 Å². The molecule has 11 aromatic carbocycles. The lowest BCUT2D eigenvalue weighted by Gasteiger charge is -2.32. The van der Waals surface area contributed by atoms with Crippen molar-refractivity contribution in [1.82, 2.24) is 0 Å². The molecule has 12 aromatic rings. The molecular formula is C63H39NO. The molecule has 2 aliphatic carbocycles. The predicted octanol–water partition coefficient (Wildman–Crippen LogP) is 17.0. The third-order valence-corrected chi connectivity index (χ3v) is 14.3. The van der Waals surface area contributed by atoms with Gasteiger partial charge >= 0.3 is 0 Å². The molecule has 1 aromatic heterocycles. The van der Waals surface area contributed by atoms with Gasteiger partial charge in [-0.15, -0.1) is 0 Å². The first-order valence-electron chi connectivity index (χ1n) is 22.5. The molecule has 0 atom stereocenters. The molecule has 0 unspecified atom stereocenters. The summed E-state index contributed by atoms with van der Waals surface area (Å²) < 4.78 is 7.43. The SMILES string of the molecule is c1ccc(-c2ccc(N(c3ccc4c(c3)C3(c5ccccc5-c5ccccc53)c3ccccc3-4)c3cccc4c3oc3c(-c5cccc6ccccc56)c5ccccc5cc34)cc2)cc1. The van der Waals surface area contributed by atoms with Crippen LogP contribution in [0.25, 0.3) is 88.0 Å². The average Bonchev–Trinajstić information content (AvgIpc) is 4.00. The minimum Gasteiger partial charge on any atom is -0.453 e. The van der Waals surface area contributed by atoms with Gasteiger partial charge in [-0.1, -0.05) is 200 Å². The number of hydrogen-bond donors (Lipinski definition) is 0. The molecule has 2 heteroatoms. The summed E-state index contributed by atoms with van der Waals surface area (Å²) in [6.45, 7) is 0. The number of anilines is 3. The van der Waals surface area contributed by atoms with Gasteiger partial charge in [0.25, 0.3) is 0 Å². The molecule has 0 fully saturated rings. The van der Waals surface area contributed by atoms with Gasteiger partial charge in [-0.2, -0.15) is 0 Å². The lowest BCUT2D eigenvalue weighted by atomic mass is 9.70. The van der Waals surface area contributed by atoms with E-state index in [-0.39, 0.29) is 0 Å². The maximum atomic E-state index is 7.43. The molecule has 0 radical (unpaired) electrons. The predicted molar refractivity (Wildman–Crippen MR) is 271 cm³/mol. The molecule has 0 N–H and O–H groups in total. The lowest BCUT2D eigenvalue weighted by molar-refractivity contribution is 0.670. The Kier molecular flexibility index (Phi) is 7.64. The van der Waals surface area contributed by atoms with E-state index < -0.39 is 5.41 Å². The van der Waals surface area contributed by atoms with Crippen molar-refractivity contribution in [3.05, 3.63) is 259 Å². The Morgan fingerprint density at radius 1 is 0.308 bits per heavy atom. The van der Waals surface area contributed by atoms with Gasteiger partial charge in [0.2, 0.25) is 0 Å². The minimum atomic E-state index is -0.475. The van der Waals surface area contributed by atoms with E-state index in [2.05, 4.69) is 241 Å². The van der Waals surface area contributed by atoms with Crippen LogP contribution in [0.3, 0.4) is 0 Å². The van der Waals surface area contributed by atoms with Crippen LogP contribution < -0.4 is 4.90 Å². The van der Waals surface area contributed by atoms with Crippen LogP contribution in [0.15, 0.2) is 241 Å². The standard InChI is InChI=1S/C63H39NO/c1-2-16-40(17-3-1)41-32-34-44(35-33-41)64(45-36-37-51-50-25-10-13-30-57(50)63(58(51)39-45)55-28-11-8-23-48(55)49-24-9-12-29-56(49)63)59-31-15-27-53-54-38-43-19-5-7-22-47(43)60(62(54)65-61(53)59)52-26-14-20-42-18-4-6-21-46(42)52/h1-39H. The van der Waals surface area contributed by atoms with E-state index in [0.717, 1.165) is 44.6 Å². The van der Waals surface area contributed by atoms with Crippen molar-refractivity contribution >= 4 is 60.5 Å². The summed E-state index contributed by atoms with van der Waals surface area (Å²) in [7, 11) is 0. The molecule has 65 heavy (non-hydrogen) atoms. The first kappa shape index (κ1) is 36.1. The average molecular weight is 826 g/mol. The van der Waals surface area contributed by atoms with Crippen molar-refractivity contribution < 1.29 is 4.42 Å². The maximum absolute atomic E-state index is 7.43. The number of para-hydroxylation sites is 1. The molecule has 0 bridgehead atoms. The summed E-state index contributed by atoms with van der Waals surface area (Å²) >= 11 is 0. The van der Waals surface area contributed by atoms with Gasteiger partial charge in [-0.3, -0.25) is 0 Å². The fourth-order valence-corrected chi connectivity index (χ4v) is 11.6. The van der Waals surface area contributed by atoms with Crippen molar-refractivity contribution in [2.75, 3.05) is 4.90 Å². The van der Waals surface area contributed by atoms with Crippen LogP contribution in [0.1, 0.15) is 22.3 Å². The van der Waals surface area contributed by atoms with E-state index in [0.29, 0.717) is 0 Å². The van der Waals surface area contributed by atoms with Gasteiger partial charge in [-0.05, 0) is 119 Å². The molecular weight excluding hydrogens is 787 g/mol. The van der Waals surface area contributed by atoms with E-state index in [4.69, 9.17) is 4.42 Å². The third kappa shape index (κ3) is 5.05. The van der Waals surface area contributed by atoms with Crippen LogP contribution in [0.5, 0.6) is 0 Å². The fourth-order valence-electron chi connectivity index (χ4n) is 11.6. The summed E-state index contributed by atoms with van der Waals surface area (Å²) in [5, 5.41) is 6.95. The fraction of sp³-hybridized carbons (Fsp3) is 0.0159. The number of benzene rings is 11. The lowest BCUT2D eigenvalue weighted by Crippen LogP contribution is -2.26. The van der Waals surface area contributed by atoms with Crippen LogP contribution in [0.4, 0.5) is 17.1 Å². The third-order valence-electron chi connectivity index (χ3n) is 14.3. The van der Waals surface area contributed by atoms with Crippen LogP contribution in [-0.4, -0.2) is 0 Å². The Labute approximate surface area is 376 Å². The molecule has 0 saturated carbocycles. The first-order valence-corrected chi connectivity index (χ1v) is 22.5. The Morgan fingerprint density at radius 2 is 0.831 bits per heavy atom. The van der Waals surface area contributed by atoms with Crippen molar-refractivity contribution in [2.45, 2.75) is 5.41 Å². The molecule has 14 rings (SSSR count). The molecule has 2 nitrogen and oxygen atoms in total. The Balaban J connectivity index is 1.05. The van der Waals surface area contributed by atoms with Gasteiger partial charge < -0.3 is 9.32 Å². The van der Waals surface area contributed by atoms with Crippen molar-refractivity contribution in [3.8, 4) is 44.5 Å². The van der Waals surface area contributed by atoms with Crippen LogP contribution in [0.2, 0.25) is 0 Å². The van der Waals surface area contributed by atoms with Crippen molar-refractivity contribution in [1.29, 1.82) is 0 Å². The highest BCUT2D eigenvalue weighted by Crippen LogP contribution is 2.63. The van der Waals surface area contributed by atoms with Crippen LogP contribution in [-0.2, 0) is 5.41 Å². The van der Waals surface area contributed by atoms with E-state index >= 15 is 0 Å². The highest BCUT2D eigenvalue weighted by molar-refractivity contribution is 6.22. The number of hydrogen-bond acceptors (Lipinski definition) is 2. The summed E-state index contributed by atoms with van der Waals surface area (Å²) in [6.07, 6.45) is 0. The smallest absolute Gasteiger partial charge is 0.159 e. The molecule has 0 aliphatic heterocycles. The second kappa shape index (κ2) is 13.8. The Hall–Kier alpha value is -8.46. The zero-order valence-electron chi connectivity index (χ0n) is 35.4. The van der Waals surface area contributed by atoms with Gasteiger partial charge in [-0.25, -0.2) is 0 Å². The molecule has 1 heterocycles. The molecule has 302 valence electrons. The number of fused-ring (bicyclic) bond motifs is 15. The van der Waals surface area contributed by atoms with E-state index in [1.54, 1.807) is 0 Å². The van der Waals surface area contributed by atoms with Gasteiger partial charge in [0.05, 0.1) is 11.1 Å². The number of nitrogens with zero attached hydrogens (tertiary/aromatic N) is 1. The molecule has 0 saturated heterocycles. The van der Waals surface area contributed by atoms with E-state index in [1.165, 1.54) is 82.7 Å². The summed E-state index contributed by atoms with van der Waals surface area (Å²) in [5.74, 6) is 0. The zero-order valence-corrected chi connectivity index (χ0v) is 35.4. The van der Waals surface area contributed by atoms with Gasteiger partial charge in [0, 0.05) is 27.7 Å². The molecule has 2 aliphatic rings. The normalized spacial score (nSPS) is 13.0. The number of furan rings is 1. The monoisotopic (exact) mass is 825 g/mol. The molecule has 0 amide bonds. The molecule has 1 spiro atoms. The van der Waals surface area contributed by atoms with E-state index in [1.807, 2.05) is 0 Å². The summed E-state index contributed by atoms with van der Waals surface area (Å²) in [6, 6.07) is 86.8. The van der Waals surface area contributed by atoms with Gasteiger partial charge in [0.15, 0.2) is 5.58 Å². The minimum absolute atomic E-state index is 0.475. The van der Waals surface area contributed by atoms with Crippen LogP contribution >= 0.6 is 0 Å². The first-order chi connectivity index (χ1) is 32.3. The highest BCUT2D eigenvalue weighted by Gasteiger charge is 2.51. The van der Waals surface area contributed by atoms with Crippen molar-refractivity contribution in [2.24, 2.45) is 0 Å². The van der Waals surface area contributed by atoms with Gasteiger partial charge in [0.1, 0.15) is 5.58 Å². The topological polar surface area (TPSA) is 16.4 Å². The largest absolute Gasteiger partial charge is 0.453 e. The highest BCUT2D eigenvalue weighted by atomic mass is 16.3. The summed E-state index contributed by atoms with van der Waals surface area (Å²) in [5.41, 5.74) is 19.4. The Bertz CT molecular complexity index is 3830. The number of rotatable bonds is 5. The zero-order chi connectivity index (χ0) is 42.6.